The summed E-state index contributed by atoms with van der Waals surface area (Å²) in [5.41, 5.74) is 1.48. The van der Waals surface area contributed by atoms with Crippen molar-refractivity contribution in [2.45, 2.75) is 12.1 Å². The number of hydrogen-bond acceptors (Lipinski definition) is 3. The Bertz CT molecular complexity index is 813. The highest BCUT2D eigenvalue weighted by molar-refractivity contribution is 8.13. The Labute approximate surface area is 154 Å². The van der Waals surface area contributed by atoms with Gasteiger partial charge in [0.2, 0.25) is 0 Å². The minimum absolute atomic E-state index is 0.428. The zero-order valence-electron chi connectivity index (χ0n) is 12.7. The van der Waals surface area contributed by atoms with Gasteiger partial charge in [0.1, 0.15) is 6.04 Å². The summed E-state index contributed by atoms with van der Waals surface area (Å²) in [6.07, 6.45) is 0.732. The van der Waals surface area contributed by atoms with Gasteiger partial charge in [0.25, 0.3) is 0 Å². The fourth-order valence-corrected chi connectivity index (χ4v) is 3.94. The number of halogens is 2. The van der Waals surface area contributed by atoms with Gasteiger partial charge in [0.15, 0.2) is 5.17 Å². The number of amides is 1. The molecule has 0 aliphatic carbocycles. The predicted octanol–water partition coefficient (Wildman–Crippen LogP) is 5.49. The molecule has 0 fully saturated rings. The SMILES string of the molecule is CSC1=NC(c2ccccc2Cl)C(c2ccccc2Cl)N1C(=O)O. The van der Waals surface area contributed by atoms with Crippen LogP contribution < -0.4 is 0 Å². The number of carboxylic acid groups (broad SMARTS) is 1. The molecule has 24 heavy (non-hydrogen) atoms. The van der Waals surface area contributed by atoms with E-state index in [1.807, 2.05) is 36.4 Å². The van der Waals surface area contributed by atoms with Gasteiger partial charge < -0.3 is 5.11 Å². The number of thioether (sulfide) groups is 1. The molecule has 7 heteroatoms. The molecule has 0 bridgehead atoms. The van der Waals surface area contributed by atoms with E-state index < -0.39 is 18.2 Å². The molecule has 1 aliphatic heterocycles. The fraction of sp³-hybridized carbons (Fsp3) is 0.176. The average molecular weight is 381 g/mol. The van der Waals surface area contributed by atoms with Crippen molar-refractivity contribution >= 4 is 46.2 Å². The Kier molecular flexibility index (Phi) is 5.04. The van der Waals surface area contributed by atoms with Crippen molar-refractivity contribution in [1.82, 2.24) is 4.90 Å². The van der Waals surface area contributed by atoms with Crippen LogP contribution in [0.25, 0.3) is 0 Å². The Balaban J connectivity index is 2.18. The van der Waals surface area contributed by atoms with Crippen molar-refractivity contribution in [3.05, 3.63) is 69.7 Å². The first-order valence-electron chi connectivity index (χ1n) is 7.17. The first-order valence-corrected chi connectivity index (χ1v) is 9.15. The first-order chi connectivity index (χ1) is 11.5. The van der Waals surface area contributed by atoms with Crippen LogP contribution >= 0.6 is 35.0 Å². The lowest BCUT2D eigenvalue weighted by molar-refractivity contribution is 0.158. The Morgan fingerprint density at radius 2 is 1.62 bits per heavy atom. The lowest BCUT2D eigenvalue weighted by Crippen LogP contribution is -2.34. The molecule has 124 valence electrons. The summed E-state index contributed by atoms with van der Waals surface area (Å²) >= 11 is 14.0. The highest BCUT2D eigenvalue weighted by Gasteiger charge is 2.43. The third kappa shape index (κ3) is 2.99. The van der Waals surface area contributed by atoms with Gasteiger partial charge in [-0.1, -0.05) is 71.4 Å². The third-order valence-electron chi connectivity index (χ3n) is 3.87. The van der Waals surface area contributed by atoms with Crippen LogP contribution in [0.1, 0.15) is 23.2 Å². The number of hydrogen-bond donors (Lipinski definition) is 1. The van der Waals surface area contributed by atoms with Crippen LogP contribution in [0.15, 0.2) is 53.5 Å². The van der Waals surface area contributed by atoms with Gasteiger partial charge in [-0.2, -0.15) is 0 Å². The molecule has 4 nitrogen and oxygen atoms in total. The largest absolute Gasteiger partial charge is 0.465 e. The molecule has 1 amide bonds. The summed E-state index contributed by atoms with van der Waals surface area (Å²) in [5, 5.41) is 11.2. The van der Waals surface area contributed by atoms with Crippen molar-refractivity contribution in [2.75, 3.05) is 6.26 Å². The molecule has 0 aromatic heterocycles. The van der Waals surface area contributed by atoms with E-state index in [1.54, 1.807) is 18.4 Å². The summed E-state index contributed by atoms with van der Waals surface area (Å²) in [5.74, 6) is 0. The molecule has 1 heterocycles. The van der Waals surface area contributed by atoms with Gasteiger partial charge >= 0.3 is 6.09 Å². The van der Waals surface area contributed by atoms with Crippen LogP contribution in [0.5, 0.6) is 0 Å². The van der Waals surface area contributed by atoms with Crippen molar-refractivity contribution in [2.24, 2.45) is 4.99 Å². The summed E-state index contributed by atoms with van der Waals surface area (Å²) < 4.78 is 0. The van der Waals surface area contributed by atoms with E-state index in [0.717, 1.165) is 5.56 Å². The Hall–Kier alpha value is -1.69. The van der Waals surface area contributed by atoms with Gasteiger partial charge in [-0.25, -0.2) is 9.69 Å². The molecule has 1 N–H and O–H groups in total. The molecule has 1 aliphatic rings. The first kappa shape index (κ1) is 17.1. The van der Waals surface area contributed by atoms with Crippen LogP contribution in [-0.2, 0) is 0 Å². The number of carbonyl (C=O) groups is 1. The van der Waals surface area contributed by atoms with Crippen LogP contribution in [-0.4, -0.2) is 27.5 Å². The zero-order chi connectivity index (χ0) is 17.3. The molecule has 2 unspecified atom stereocenters. The van der Waals surface area contributed by atoms with Crippen molar-refractivity contribution in [1.29, 1.82) is 0 Å². The van der Waals surface area contributed by atoms with Gasteiger partial charge in [0.05, 0.1) is 6.04 Å². The molecule has 0 radical (unpaired) electrons. The molecule has 0 spiro atoms. The molecular formula is C17H14Cl2N2O2S. The second kappa shape index (κ2) is 7.05. The van der Waals surface area contributed by atoms with Crippen LogP contribution in [0.3, 0.4) is 0 Å². The Morgan fingerprint density at radius 1 is 1.08 bits per heavy atom. The topological polar surface area (TPSA) is 52.9 Å². The van der Waals surface area contributed by atoms with Crippen LogP contribution in [0.4, 0.5) is 4.79 Å². The minimum atomic E-state index is -1.07. The standard InChI is InChI=1S/C17H14Cl2N2O2S/c1-24-16-20-14(10-6-2-4-8-12(10)18)15(21(16)17(22)23)11-7-3-5-9-13(11)19/h2-9,14-15H,1H3,(H,22,23). The highest BCUT2D eigenvalue weighted by Crippen LogP contribution is 2.47. The zero-order valence-corrected chi connectivity index (χ0v) is 15.0. The monoisotopic (exact) mass is 380 g/mol. The van der Waals surface area contributed by atoms with Crippen molar-refractivity contribution in [3.63, 3.8) is 0 Å². The summed E-state index contributed by atoms with van der Waals surface area (Å²) in [4.78, 5) is 17.8. The number of rotatable bonds is 2. The summed E-state index contributed by atoms with van der Waals surface area (Å²) in [7, 11) is 0. The molecule has 0 saturated carbocycles. The normalized spacial score (nSPS) is 20.1. The van der Waals surface area contributed by atoms with Crippen LogP contribution in [0, 0.1) is 0 Å². The van der Waals surface area contributed by atoms with E-state index in [-0.39, 0.29) is 0 Å². The number of benzene rings is 2. The number of amidine groups is 1. The van der Waals surface area contributed by atoms with Crippen molar-refractivity contribution < 1.29 is 9.90 Å². The van der Waals surface area contributed by atoms with Crippen LogP contribution in [0.2, 0.25) is 10.0 Å². The maximum Gasteiger partial charge on any atom is 0.414 e. The smallest absolute Gasteiger partial charge is 0.414 e. The number of nitrogens with zero attached hydrogens (tertiary/aromatic N) is 2. The molecule has 2 atom stereocenters. The Morgan fingerprint density at radius 3 is 2.12 bits per heavy atom. The highest BCUT2D eigenvalue weighted by atomic mass is 35.5. The third-order valence-corrected chi connectivity index (χ3v) is 5.22. The predicted molar refractivity (Wildman–Crippen MR) is 99.2 cm³/mol. The average Bonchev–Trinajstić information content (AvgIpc) is 2.95. The molecule has 3 rings (SSSR count). The quantitative estimate of drug-likeness (QED) is 0.749. The van der Waals surface area contributed by atoms with E-state index in [2.05, 4.69) is 4.99 Å². The van der Waals surface area contributed by atoms with E-state index in [0.29, 0.717) is 20.8 Å². The molecular weight excluding hydrogens is 367 g/mol. The lowest BCUT2D eigenvalue weighted by Gasteiger charge is -2.27. The lowest BCUT2D eigenvalue weighted by atomic mass is 9.94. The fourth-order valence-electron chi connectivity index (χ4n) is 2.84. The molecule has 2 aromatic carbocycles. The van der Waals surface area contributed by atoms with E-state index in [1.165, 1.54) is 16.7 Å². The van der Waals surface area contributed by atoms with E-state index in [9.17, 15) is 9.90 Å². The minimum Gasteiger partial charge on any atom is -0.465 e. The van der Waals surface area contributed by atoms with E-state index in [4.69, 9.17) is 23.2 Å². The second-order valence-corrected chi connectivity index (χ2v) is 6.79. The van der Waals surface area contributed by atoms with Crippen molar-refractivity contribution in [3.8, 4) is 0 Å². The molecule has 0 saturated heterocycles. The molecule has 2 aromatic rings. The second-order valence-electron chi connectivity index (χ2n) is 5.20. The van der Waals surface area contributed by atoms with Gasteiger partial charge in [0, 0.05) is 10.0 Å². The summed E-state index contributed by atoms with van der Waals surface area (Å²) in [6, 6.07) is 13.6. The maximum atomic E-state index is 11.9. The maximum absolute atomic E-state index is 11.9. The number of aliphatic imine (C=N–C) groups is 1. The van der Waals surface area contributed by atoms with E-state index >= 15 is 0 Å². The van der Waals surface area contributed by atoms with Gasteiger partial charge in [-0.05, 0) is 29.5 Å². The van der Waals surface area contributed by atoms with Gasteiger partial charge in [-0.15, -0.1) is 0 Å². The van der Waals surface area contributed by atoms with Gasteiger partial charge in [-0.3, -0.25) is 4.99 Å². The summed E-state index contributed by atoms with van der Waals surface area (Å²) in [6.45, 7) is 0.